The van der Waals surface area contributed by atoms with Crippen molar-refractivity contribution in [2.24, 2.45) is 11.3 Å². The van der Waals surface area contributed by atoms with Gasteiger partial charge in [-0.3, -0.25) is 0 Å². The van der Waals surface area contributed by atoms with Gasteiger partial charge in [0, 0.05) is 42.2 Å². The molecular weight excluding hydrogens is 452 g/mol. The number of aromatic carboxylic acids is 1. The molecular formula is C28H36N6O2. The maximum absolute atomic E-state index is 12.0. The first-order chi connectivity index (χ1) is 17.2. The number of pyridine rings is 2. The third-order valence-electron chi connectivity index (χ3n) is 7.55. The number of hydrogen-bond acceptors (Lipinski definition) is 7. The predicted octanol–water partition coefficient (Wildman–Crippen LogP) is 5.74. The van der Waals surface area contributed by atoms with Crippen molar-refractivity contribution in [1.29, 1.82) is 10.7 Å². The predicted molar refractivity (Wildman–Crippen MR) is 142 cm³/mol. The monoisotopic (exact) mass is 488 g/mol. The second kappa shape index (κ2) is 10.7. The Bertz CT molecular complexity index is 1150. The zero-order valence-corrected chi connectivity index (χ0v) is 21.5. The van der Waals surface area contributed by atoms with Crippen LogP contribution in [0.25, 0.3) is 11.1 Å². The molecule has 0 radical (unpaired) electrons. The molecule has 0 amide bonds. The van der Waals surface area contributed by atoms with E-state index < -0.39 is 5.97 Å². The van der Waals surface area contributed by atoms with Crippen LogP contribution in [0.2, 0.25) is 0 Å². The molecule has 3 heterocycles. The number of nitrogens with zero attached hydrogens (tertiary/aromatic N) is 4. The van der Waals surface area contributed by atoms with Crippen molar-refractivity contribution in [3.63, 3.8) is 0 Å². The van der Waals surface area contributed by atoms with Gasteiger partial charge in [-0.2, -0.15) is 5.26 Å². The summed E-state index contributed by atoms with van der Waals surface area (Å²) >= 11 is 0. The third-order valence-corrected chi connectivity index (χ3v) is 7.55. The molecule has 2 aromatic rings. The molecule has 8 nitrogen and oxygen atoms in total. The summed E-state index contributed by atoms with van der Waals surface area (Å²) in [5.41, 5.74) is 2.17. The maximum atomic E-state index is 12.0. The molecule has 0 bridgehead atoms. The zero-order valence-electron chi connectivity index (χ0n) is 21.5. The lowest BCUT2D eigenvalue weighted by molar-refractivity contribution is 0.0690. The van der Waals surface area contributed by atoms with Gasteiger partial charge < -0.3 is 20.7 Å². The summed E-state index contributed by atoms with van der Waals surface area (Å²) in [7, 11) is 0. The van der Waals surface area contributed by atoms with E-state index in [2.05, 4.69) is 21.3 Å². The van der Waals surface area contributed by atoms with Gasteiger partial charge in [0.1, 0.15) is 11.6 Å². The van der Waals surface area contributed by atoms with Gasteiger partial charge in [0.25, 0.3) is 0 Å². The van der Waals surface area contributed by atoms with Gasteiger partial charge >= 0.3 is 5.97 Å². The molecule has 0 aromatic carbocycles. The molecule has 2 fully saturated rings. The van der Waals surface area contributed by atoms with Crippen LogP contribution in [0.3, 0.4) is 0 Å². The van der Waals surface area contributed by atoms with E-state index in [1.165, 1.54) is 6.42 Å². The van der Waals surface area contributed by atoms with Crippen molar-refractivity contribution in [2.45, 2.75) is 71.8 Å². The van der Waals surface area contributed by atoms with E-state index in [0.29, 0.717) is 22.7 Å². The van der Waals surface area contributed by atoms with Gasteiger partial charge in [-0.15, -0.1) is 0 Å². The fourth-order valence-corrected chi connectivity index (χ4v) is 5.06. The van der Waals surface area contributed by atoms with E-state index in [4.69, 9.17) is 10.4 Å². The molecule has 1 saturated carbocycles. The van der Waals surface area contributed by atoms with E-state index in [0.717, 1.165) is 63.0 Å². The maximum Gasteiger partial charge on any atom is 0.354 e. The minimum Gasteiger partial charge on any atom is -0.477 e. The summed E-state index contributed by atoms with van der Waals surface area (Å²) in [6, 6.07) is 8.11. The van der Waals surface area contributed by atoms with Gasteiger partial charge in [-0.05, 0) is 62.3 Å². The Morgan fingerprint density at radius 1 is 1.25 bits per heavy atom. The Morgan fingerprint density at radius 2 is 1.94 bits per heavy atom. The number of carbonyl (C=O) groups is 1. The Morgan fingerprint density at radius 3 is 2.50 bits per heavy atom. The van der Waals surface area contributed by atoms with Crippen LogP contribution in [0, 0.1) is 28.1 Å². The molecule has 0 spiro atoms. The van der Waals surface area contributed by atoms with Crippen LogP contribution < -0.4 is 10.2 Å². The van der Waals surface area contributed by atoms with Crippen LogP contribution >= 0.6 is 0 Å². The van der Waals surface area contributed by atoms with Crippen molar-refractivity contribution in [3.8, 4) is 17.2 Å². The minimum atomic E-state index is -1.09. The molecule has 3 N–H and O–H groups in total. The lowest BCUT2D eigenvalue weighted by Gasteiger charge is -2.35. The smallest absolute Gasteiger partial charge is 0.354 e. The zero-order chi connectivity index (χ0) is 25.9. The van der Waals surface area contributed by atoms with Gasteiger partial charge in [0.2, 0.25) is 0 Å². The van der Waals surface area contributed by atoms with Crippen molar-refractivity contribution >= 4 is 23.3 Å². The van der Waals surface area contributed by atoms with Crippen LogP contribution in [0.15, 0.2) is 24.4 Å². The van der Waals surface area contributed by atoms with Crippen molar-refractivity contribution in [1.82, 2.24) is 9.97 Å². The number of rotatable bonds is 7. The first-order valence-corrected chi connectivity index (χ1v) is 13.0. The molecule has 1 saturated heterocycles. The summed E-state index contributed by atoms with van der Waals surface area (Å²) in [6.07, 6.45) is 8.86. The number of nitriles is 1. The standard InChI is InChI=1S/C28H36N6O2/c1-18(2)25(30)24-21(15-22(27(35)36)33-26(24)32-20-7-5-4-6-8-20)19-9-10-23(31-16-19)34-13-11-28(3,17-29)12-14-34/h9-10,15-16,18,20,30H,4-8,11-14H2,1-3H3,(H,32,33)(H,35,36). The summed E-state index contributed by atoms with van der Waals surface area (Å²) in [6.45, 7) is 7.48. The first kappa shape index (κ1) is 25.6. The van der Waals surface area contributed by atoms with Crippen LogP contribution in [0.4, 0.5) is 11.6 Å². The molecule has 190 valence electrons. The van der Waals surface area contributed by atoms with E-state index in [9.17, 15) is 15.2 Å². The molecule has 1 aliphatic heterocycles. The first-order valence-electron chi connectivity index (χ1n) is 13.0. The van der Waals surface area contributed by atoms with Crippen LogP contribution in [0.5, 0.6) is 0 Å². The van der Waals surface area contributed by atoms with Gasteiger partial charge in [-0.1, -0.05) is 33.1 Å². The molecule has 0 atom stereocenters. The number of carboxylic acid groups (broad SMARTS) is 1. The summed E-state index contributed by atoms with van der Waals surface area (Å²) in [5, 5.41) is 31.6. The molecule has 1 aliphatic carbocycles. The molecule has 8 heteroatoms. The van der Waals surface area contributed by atoms with Crippen LogP contribution in [0.1, 0.15) is 81.8 Å². The molecule has 2 aromatic heterocycles. The highest BCUT2D eigenvalue weighted by molar-refractivity contribution is 6.09. The topological polar surface area (TPSA) is 126 Å². The fourth-order valence-electron chi connectivity index (χ4n) is 5.06. The number of hydrogen-bond donors (Lipinski definition) is 3. The highest BCUT2D eigenvalue weighted by atomic mass is 16.4. The van der Waals surface area contributed by atoms with Gasteiger partial charge in [0.05, 0.1) is 11.5 Å². The lowest BCUT2D eigenvalue weighted by atomic mass is 9.82. The van der Waals surface area contributed by atoms with E-state index in [-0.39, 0.29) is 23.1 Å². The van der Waals surface area contributed by atoms with E-state index in [1.54, 1.807) is 12.3 Å². The molecule has 36 heavy (non-hydrogen) atoms. The van der Waals surface area contributed by atoms with Gasteiger partial charge in [-0.25, -0.2) is 14.8 Å². The van der Waals surface area contributed by atoms with Crippen LogP contribution in [-0.4, -0.2) is 45.9 Å². The molecule has 0 unspecified atom stereocenters. The third kappa shape index (κ3) is 5.51. The summed E-state index contributed by atoms with van der Waals surface area (Å²) < 4.78 is 0. The second-order valence-electron chi connectivity index (χ2n) is 10.7. The van der Waals surface area contributed by atoms with Crippen molar-refractivity contribution in [2.75, 3.05) is 23.3 Å². The SMILES string of the molecule is CC(C)C(=N)c1c(-c2ccc(N3CCC(C)(C#N)CC3)nc2)cc(C(=O)O)nc1NC1CCCCC1. The number of piperidine rings is 1. The Hall–Kier alpha value is -3.47. The van der Waals surface area contributed by atoms with Crippen LogP contribution in [-0.2, 0) is 0 Å². The summed E-state index contributed by atoms with van der Waals surface area (Å²) in [4.78, 5) is 23.3. The number of carboxylic acids is 1. The van der Waals surface area contributed by atoms with E-state index in [1.807, 2.05) is 32.9 Å². The second-order valence-corrected chi connectivity index (χ2v) is 10.7. The summed E-state index contributed by atoms with van der Waals surface area (Å²) in [5.74, 6) is 0.172. The van der Waals surface area contributed by atoms with E-state index >= 15 is 0 Å². The number of aromatic nitrogens is 2. The number of anilines is 2. The Labute approximate surface area is 213 Å². The average molecular weight is 489 g/mol. The highest BCUT2D eigenvalue weighted by Crippen LogP contribution is 2.35. The number of nitrogens with one attached hydrogen (secondary N) is 2. The Balaban J connectivity index is 1.71. The molecule has 2 aliphatic rings. The largest absolute Gasteiger partial charge is 0.477 e. The highest BCUT2D eigenvalue weighted by Gasteiger charge is 2.30. The average Bonchev–Trinajstić information content (AvgIpc) is 2.89. The minimum absolute atomic E-state index is 0.0421. The van der Waals surface area contributed by atoms with Crippen molar-refractivity contribution in [3.05, 3.63) is 35.7 Å². The normalized spacial score (nSPS) is 18.0. The van der Waals surface area contributed by atoms with Crippen molar-refractivity contribution < 1.29 is 9.90 Å². The quantitative estimate of drug-likeness (QED) is 0.424. The lowest BCUT2D eigenvalue weighted by Crippen LogP contribution is -2.38. The molecule has 4 rings (SSSR count). The fraction of sp³-hybridized carbons (Fsp3) is 0.536. The Kier molecular flexibility index (Phi) is 7.58. The van der Waals surface area contributed by atoms with Gasteiger partial charge in [0.15, 0.2) is 5.69 Å².